The normalized spacial score (nSPS) is 15.9. The van der Waals surface area contributed by atoms with Gasteiger partial charge in [-0.15, -0.1) is 0 Å². The smallest absolute Gasteiger partial charge is 0.316 e. The van der Waals surface area contributed by atoms with Crippen molar-refractivity contribution in [3.05, 3.63) is 29.8 Å². The fraction of sp³-hybridized carbons (Fsp3) is 0.538. The lowest BCUT2D eigenvalue weighted by atomic mass is 9.92. The highest BCUT2D eigenvalue weighted by atomic mass is 32.2. The van der Waals surface area contributed by atoms with Gasteiger partial charge < -0.3 is 5.32 Å². The number of hydrogen-bond donors (Lipinski definition) is 1. The van der Waals surface area contributed by atoms with E-state index >= 15 is 0 Å². The molecule has 0 saturated carbocycles. The summed E-state index contributed by atoms with van der Waals surface area (Å²) in [6, 6.07) is 5.19. The molecule has 0 aromatic heterocycles. The van der Waals surface area contributed by atoms with E-state index in [0.717, 1.165) is 6.07 Å². The van der Waals surface area contributed by atoms with Crippen molar-refractivity contribution in [3.63, 3.8) is 0 Å². The minimum absolute atomic E-state index is 0.0976. The van der Waals surface area contributed by atoms with Gasteiger partial charge in [0.15, 0.2) is 0 Å². The first-order valence-corrected chi connectivity index (χ1v) is 7.72. The van der Waals surface area contributed by atoms with Crippen molar-refractivity contribution in [2.24, 2.45) is 0 Å². The number of likely N-dealkylation sites (N-methyl/N-ethyl adjacent to an activating group) is 1. The zero-order valence-electron chi connectivity index (χ0n) is 11.5. The Morgan fingerprint density at radius 2 is 1.80 bits per heavy atom. The number of hydrogen-bond acceptors (Lipinski definition) is 3. The zero-order chi connectivity index (χ0) is 15.6. The Balaban J connectivity index is 3.39. The van der Waals surface area contributed by atoms with Crippen LogP contribution in [0.1, 0.15) is 31.7 Å². The molecule has 2 unspecified atom stereocenters. The molecular formula is C13H18F3NO2S. The van der Waals surface area contributed by atoms with Gasteiger partial charge in [-0.05, 0) is 31.0 Å². The summed E-state index contributed by atoms with van der Waals surface area (Å²) in [7, 11) is -3.63. The SMILES string of the molecule is CCC(NC)C(C)c1ccccc1S(=O)(=O)C(F)(F)F. The molecule has 7 heteroatoms. The number of benzene rings is 1. The minimum Gasteiger partial charge on any atom is -0.316 e. The molecule has 0 bridgehead atoms. The average Bonchev–Trinajstić information content (AvgIpc) is 2.38. The molecule has 0 fully saturated rings. The van der Waals surface area contributed by atoms with Crippen LogP contribution in [-0.4, -0.2) is 27.0 Å². The van der Waals surface area contributed by atoms with Crippen molar-refractivity contribution < 1.29 is 21.6 Å². The van der Waals surface area contributed by atoms with E-state index in [0.29, 0.717) is 6.42 Å². The van der Waals surface area contributed by atoms with Gasteiger partial charge in [-0.3, -0.25) is 0 Å². The quantitative estimate of drug-likeness (QED) is 0.909. The summed E-state index contributed by atoms with van der Waals surface area (Å²) >= 11 is 0. The summed E-state index contributed by atoms with van der Waals surface area (Å²) in [6.07, 6.45) is 0.679. The van der Waals surface area contributed by atoms with Crippen LogP contribution in [0.15, 0.2) is 29.2 Å². The van der Waals surface area contributed by atoms with Crippen molar-refractivity contribution in [1.29, 1.82) is 0 Å². The van der Waals surface area contributed by atoms with Crippen molar-refractivity contribution in [3.8, 4) is 0 Å². The summed E-state index contributed by atoms with van der Waals surface area (Å²) in [5, 5.41) is 2.99. The summed E-state index contributed by atoms with van der Waals surface area (Å²) in [5.74, 6) is -0.349. The first-order valence-electron chi connectivity index (χ1n) is 6.24. The first kappa shape index (κ1) is 17.0. The Kier molecular flexibility index (Phi) is 5.21. The van der Waals surface area contributed by atoms with E-state index in [-0.39, 0.29) is 17.5 Å². The van der Waals surface area contributed by atoms with Gasteiger partial charge in [0.25, 0.3) is 9.84 Å². The third-order valence-electron chi connectivity index (χ3n) is 3.42. The molecule has 1 aromatic rings. The Labute approximate surface area is 117 Å². The molecule has 3 nitrogen and oxygen atoms in total. The zero-order valence-corrected chi connectivity index (χ0v) is 12.3. The standard InChI is InChI=1S/C13H18F3NO2S/c1-4-11(17-3)9(2)10-7-5-6-8-12(10)20(18,19)13(14,15)16/h5-9,11,17H,4H2,1-3H3. The van der Waals surface area contributed by atoms with Gasteiger partial charge in [0.05, 0.1) is 4.90 Å². The van der Waals surface area contributed by atoms with Crippen molar-refractivity contribution >= 4 is 9.84 Å². The van der Waals surface area contributed by atoms with E-state index in [4.69, 9.17) is 0 Å². The summed E-state index contributed by atoms with van der Waals surface area (Å²) in [5.41, 5.74) is -5.10. The van der Waals surface area contributed by atoms with Gasteiger partial charge in [-0.1, -0.05) is 32.0 Å². The van der Waals surface area contributed by atoms with E-state index in [9.17, 15) is 21.6 Å². The molecule has 0 aliphatic carbocycles. The second-order valence-corrected chi connectivity index (χ2v) is 6.49. The molecule has 0 amide bonds. The predicted octanol–water partition coefficient (Wildman–Crippen LogP) is 3.08. The Hall–Kier alpha value is -1.08. The van der Waals surface area contributed by atoms with Crippen LogP contribution in [0.5, 0.6) is 0 Å². The summed E-state index contributed by atoms with van der Waals surface area (Å²) < 4.78 is 61.4. The van der Waals surface area contributed by atoms with Crippen LogP contribution >= 0.6 is 0 Å². The molecule has 20 heavy (non-hydrogen) atoms. The van der Waals surface area contributed by atoms with Gasteiger partial charge in [0.2, 0.25) is 0 Å². The molecule has 0 aliphatic heterocycles. The fourth-order valence-electron chi connectivity index (χ4n) is 2.25. The van der Waals surface area contributed by atoms with Crippen molar-refractivity contribution in [2.45, 2.75) is 42.6 Å². The van der Waals surface area contributed by atoms with Crippen LogP contribution in [0.25, 0.3) is 0 Å². The lowest BCUT2D eigenvalue weighted by Gasteiger charge is -2.24. The van der Waals surface area contributed by atoms with Gasteiger partial charge in [-0.25, -0.2) is 8.42 Å². The Morgan fingerprint density at radius 3 is 2.25 bits per heavy atom. The van der Waals surface area contributed by atoms with Crippen LogP contribution in [0.4, 0.5) is 13.2 Å². The average molecular weight is 309 g/mol. The minimum atomic E-state index is -5.33. The topological polar surface area (TPSA) is 46.2 Å². The molecule has 0 spiro atoms. The number of alkyl halides is 3. The highest BCUT2D eigenvalue weighted by Gasteiger charge is 2.48. The molecule has 114 valence electrons. The van der Waals surface area contributed by atoms with E-state index in [1.165, 1.54) is 12.1 Å². The van der Waals surface area contributed by atoms with Crippen LogP contribution in [0, 0.1) is 0 Å². The van der Waals surface area contributed by atoms with E-state index in [2.05, 4.69) is 5.32 Å². The molecular weight excluding hydrogens is 291 g/mol. The largest absolute Gasteiger partial charge is 0.501 e. The molecule has 0 aliphatic rings. The van der Waals surface area contributed by atoms with Gasteiger partial charge in [-0.2, -0.15) is 13.2 Å². The van der Waals surface area contributed by atoms with Gasteiger partial charge >= 0.3 is 5.51 Å². The predicted molar refractivity (Wildman–Crippen MR) is 71.2 cm³/mol. The highest BCUT2D eigenvalue weighted by molar-refractivity contribution is 7.92. The summed E-state index contributed by atoms with van der Waals surface area (Å²) in [6.45, 7) is 3.61. The van der Waals surface area contributed by atoms with E-state index in [1.807, 2.05) is 6.92 Å². The first-order chi connectivity index (χ1) is 9.16. The van der Waals surface area contributed by atoms with Gasteiger partial charge in [0, 0.05) is 6.04 Å². The maximum atomic E-state index is 12.7. The second-order valence-electron chi connectivity index (χ2n) is 4.58. The lowest BCUT2D eigenvalue weighted by molar-refractivity contribution is -0.0436. The van der Waals surface area contributed by atoms with Crippen LogP contribution in [0.3, 0.4) is 0 Å². The lowest BCUT2D eigenvalue weighted by Crippen LogP contribution is -2.32. The Bertz CT molecular complexity index is 551. The van der Waals surface area contributed by atoms with E-state index in [1.54, 1.807) is 20.0 Å². The van der Waals surface area contributed by atoms with Crippen LogP contribution < -0.4 is 5.32 Å². The van der Waals surface area contributed by atoms with Crippen LogP contribution in [0.2, 0.25) is 0 Å². The fourth-order valence-corrected chi connectivity index (χ4v) is 3.32. The third kappa shape index (κ3) is 3.15. The second kappa shape index (κ2) is 6.13. The Morgan fingerprint density at radius 1 is 1.25 bits per heavy atom. The molecule has 1 N–H and O–H groups in total. The molecule has 1 aromatic carbocycles. The molecule has 1 rings (SSSR count). The third-order valence-corrected chi connectivity index (χ3v) is 4.98. The summed E-state index contributed by atoms with van der Waals surface area (Å²) in [4.78, 5) is -0.659. The highest BCUT2D eigenvalue weighted by Crippen LogP contribution is 2.35. The monoisotopic (exact) mass is 309 g/mol. The van der Waals surface area contributed by atoms with Gasteiger partial charge in [0.1, 0.15) is 0 Å². The molecule has 2 atom stereocenters. The van der Waals surface area contributed by atoms with E-state index < -0.39 is 20.2 Å². The van der Waals surface area contributed by atoms with Crippen molar-refractivity contribution in [1.82, 2.24) is 5.32 Å². The number of halogens is 3. The molecule has 0 radical (unpaired) electrons. The number of nitrogens with one attached hydrogen (secondary N) is 1. The number of sulfone groups is 1. The molecule has 0 heterocycles. The maximum absolute atomic E-state index is 12.7. The van der Waals surface area contributed by atoms with Crippen LogP contribution in [-0.2, 0) is 9.84 Å². The van der Waals surface area contributed by atoms with Crippen molar-refractivity contribution in [2.75, 3.05) is 7.05 Å². The molecule has 0 saturated heterocycles. The number of rotatable bonds is 5. The maximum Gasteiger partial charge on any atom is 0.501 e.